The smallest absolute Gasteiger partial charge is 0.237 e. The molecule has 5 nitrogen and oxygen atoms in total. The summed E-state index contributed by atoms with van der Waals surface area (Å²) in [4.78, 5) is 14.2. The lowest BCUT2D eigenvalue weighted by molar-refractivity contribution is -0.134. The number of amides is 1. The zero-order chi connectivity index (χ0) is 16.0. The van der Waals surface area contributed by atoms with E-state index in [9.17, 15) is 4.79 Å². The molecule has 2 saturated heterocycles. The third-order valence-corrected chi connectivity index (χ3v) is 6.88. The fraction of sp³-hybridized carbons (Fsp3) is 0.882. The highest BCUT2D eigenvalue weighted by Crippen LogP contribution is 2.60. The molecule has 3 rings (SSSR count). The van der Waals surface area contributed by atoms with Crippen LogP contribution >= 0.6 is 0 Å². The van der Waals surface area contributed by atoms with Gasteiger partial charge in [0.1, 0.15) is 6.04 Å². The van der Waals surface area contributed by atoms with Crippen LogP contribution in [-0.2, 0) is 9.53 Å². The van der Waals surface area contributed by atoms with Crippen LogP contribution in [0, 0.1) is 22.2 Å². The number of hydrogen-bond acceptors (Lipinski definition) is 4. The van der Waals surface area contributed by atoms with Crippen molar-refractivity contribution >= 4 is 5.91 Å². The third kappa shape index (κ3) is 2.08. The molecular weight excluding hydrogens is 278 g/mol. The number of carbonyl (C=O) groups is 1. The van der Waals surface area contributed by atoms with Gasteiger partial charge < -0.3 is 15.0 Å². The van der Waals surface area contributed by atoms with Crippen molar-refractivity contribution in [3.63, 3.8) is 0 Å². The minimum Gasteiger partial charge on any atom is -0.379 e. The number of nitrogens with zero attached hydrogens (tertiary/aromatic N) is 2. The van der Waals surface area contributed by atoms with E-state index in [2.05, 4.69) is 32.2 Å². The molecule has 2 bridgehead atoms. The van der Waals surface area contributed by atoms with Gasteiger partial charge in [0, 0.05) is 12.1 Å². The molecule has 0 aromatic heterocycles. The molecule has 0 spiro atoms. The van der Waals surface area contributed by atoms with Gasteiger partial charge in [-0.1, -0.05) is 20.8 Å². The number of fused-ring (bicyclic) bond motifs is 2. The first kappa shape index (κ1) is 15.8. The normalized spacial score (nSPS) is 39.7. The Bertz CT molecular complexity index is 513. The standard InChI is InChI=1S/C17H27N3O2/c1-15(2)16(3)6-7-17(15,12-22-11-16)19-10-14(21)20-8-4-5-13(20)9-18/h13,19H,4-8,10-12H2,1-3H3. The largest absolute Gasteiger partial charge is 0.379 e. The van der Waals surface area contributed by atoms with Crippen LogP contribution in [-0.4, -0.2) is 48.7 Å². The molecule has 0 aromatic rings. The zero-order valence-corrected chi connectivity index (χ0v) is 13.9. The van der Waals surface area contributed by atoms with Gasteiger partial charge in [0.25, 0.3) is 0 Å². The number of nitrogens with one attached hydrogen (secondary N) is 1. The molecule has 5 heteroatoms. The van der Waals surface area contributed by atoms with E-state index in [0.717, 1.165) is 32.3 Å². The van der Waals surface area contributed by atoms with E-state index in [1.165, 1.54) is 0 Å². The highest BCUT2D eigenvalue weighted by molar-refractivity contribution is 5.79. The molecule has 0 aromatic carbocycles. The van der Waals surface area contributed by atoms with Crippen LogP contribution in [0.25, 0.3) is 0 Å². The number of rotatable bonds is 3. The van der Waals surface area contributed by atoms with Crippen LogP contribution in [0.2, 0.25) is 0 Å². The SMILES string of the molecule is CC12CCC(NCC(=O)N3CCCC3C#N)(COC1)C2(C)C. The molecule has 122 valence electrons. The van der Waals surface area contributed by atoms with Crippen molar-refractivity contribution in [2.24, 2.45) is 10.8 Å². The summed E-state index contributed by atoms with van der Waals surface area (Å²) in [7, 11) is 0. The lowest BCUT2D eigenvalue weighted by Crippen LogP contribution is -2.64. The maximum atomic E-state index is 12.5. The van der Waals surface area contributed by atoms with E-state index in [1.54, 1.807) is 4.90 Å². The molecule has 3 unspecified atom stereocenters. The lowest BCUT2D eigenvalue weighted by atomic mass is 9.61. The first-order chi connectivity index (χ1) is 10.4. The summed E-state index contributed by atoms with van der Waals surface area (Å²) in [6.07, 6.45) is 3.92. The number of ether oxygens (including phenoxy) is 1. The van der Waals surface area contributed by atoms with Gasteiger partial charge in [-0.15, -0.1) is 0 Å². The van der Waals surface area contributed by atoms with E-state index in [-0.39, 0.29) is 28.3 Å². The second kappa shape index (κ2) is 5.21. The summed E-state index contributed by atoms with van der Waals surface area (Å²) in [6.45, 7) is 9.39. The number of carbonyl (C=O) groups excluding carboxylic acids is 1. The molecule has 2 aliphatic heterocycles. The summed E-state index contributed by atoms with van der Waals surface area (Å²) in [5, 5.41) is 12.7. The molecule has 22 heavy (non-hydrogen) atoms. The van der Waals surface area contributed by atoms with E-state index in [4.69, 9.17) is 10.00 Å². The van der Waals surface area contributed by atoms with Gasteiger partial charge in [0.15, 0.2) is 0 Å². The first-order valence-electron chi connectivity index (χ1n) is 8.37. The highest BCUT2D eigenvalue weighted by Gasteiger charge is 2.63. The van der Waals surface area contributed by atoms with Crippen molar-refractivity contribution in [2.45, 2.75) is 58.0 Å². The number of likely N-dealkylation sites (tertiary alicyclic amines) is 1. The Morgan fingerprint density at radius 3 is 2.86 bits per heavy atom. The van der Waals surface area contributed by atoms with Crippen LogP contribution in [0.5, 0.6) is 0 Å². The van der Waals surface area contributed by atoms with Crippen molar-refractivity contribution < 1.29 is 9.53 Å². The van der Waals surface area contributed by atoms with Gasteiger partial charge in [0.2, 0.25) is 5.91 Å². The Morgan fingerprint density at radius 2 is 2.14 bits per heavy atom. The van der Waals surface area contributed by atoms with Crippen LogP contribution in [0.15, 0.2) is 0 Å². The van der Waals surface area contributed by atoms with E-state index in [0.29, 0.717) is 19.7 Å². The number of hydrogen-bond donors (Lipinski definition) is 1. The van der Waals surface area contributed by atoms with Gasteiger partial charge in [-0.25, -0.2) is 0 Å². The molecule has 0 radical (unpaired) electrons. The molecular formula is C17H27N3O2. The Kier molecular flexibility index (Phi) is 3.73. The van der Waals surface area contributed by atoms with Crippen LogP contribution in [0.3, 0.4) is 0 Å². The summed E-state index contributed by atoms with van der Waals surface area (Å²) in [5.74, 6) is 0.0494. The van der Waals surface area contributed by atoms with Gasteiger partial charge in [-0.3, -0.25) is 4.79 Å². The maximum Gasteiger partial charge on any atom is 0.237 e. The molecule has 3 atom stereocenters. The minimum absolute atomic E-state index is 0.0494. The van der Waals surface area contributed by atoms with E-state index in [1.807, 2.05) is 0 Å². The molecule has 1 N–H and O–H groups in total. The Hall–Kier alpha value is -1.12. The van der Waals surface area contributed by atoms with Gasteiger partial charge in [-0.2, -0.15) is 5.26 Å². The third-order valence-electron chi connectivity index (χ3n) is 6.88. The summed E-state index contributed by atoms with van der Waals surface area (Å²) in [6, 6.07) is 2.00. The van der Waals surface area contributed by atoms with Crippen molar-refractivity contribution in [3.05, 3.63) is 0 Å². The van der Waals surface area contributed by atoms with E-state index < -0.39 is 0 Å². The molecule has 1 aliphatic carbocycles. The second-order valence-corrected chi connectivity index (χ2v) is 7.99. The Morgan fingerprint density at radius 1 is 1.36 bits per heavy atom. The van der Waals surface area contributed by atoms with Gasteiger partial charge in [0.05, 0.1) is 25.8 Å². The average molecular weight is 305 g/mol. The molecule has 3 aliphatic rings. The Balaban J connectivity index is 1.69. The zero-order valence-electron chi connectivity index (χ0n) is 13.9. The van der Waals surface area contributed by atoms with Crippen LogP contribution in [0.1, 0.15) is 46.5 Å². The van der Waals surface area contributed by atoms with Crippen molar-refractivity contribution in [3.8, 4) is 6.07 Å². The van der Waals surface area contributed by atoms with E-state index >= 15 is 0 Å². The van der Waals surface area contributed by atoms with Crippen LogP contribution < -0.4 is 5.32 Å². The fourth-order valence-corrected chi connectivity index (χ4v) is 4.55. The monoisotopic (exact) mass is 305 g/mol. The second-order valence-electron chi connectivity index (χ2n) is 7.99. The quantitative estimate of drug-likeness (QED) is 0.861. The number of nitriles is 1. The molecule has 2 heterocycles. The van der Waals surface area contributed by atoms with Crippen molar-refractivity contribution in [1.82, 2.24) is 10.2 Å². The van der Waals surface area contributed by atoms with Gasteiger partial charge >= 0.3 is 0 Å². The molecule has 3 fully saturated rings. The Labute approximate surface area is 133 Å². The minimum atomic E-state index is -0.240. The summed E-state index contributed by atoms with van der Waals surface area (Å²) in [5.41, 5.74) is 0.139. The fourth-order valence-electron chi connectivity index (χ4n) is 4.55. The van der Waals surface area contributed by atoms with Crippen LogP contribution in [0.4, 0.5) is 0 Å². The predicted molar refractivity (Wildman–Crippen MR) is 83.0 cm³/mol. The van der Waals surface area contributed by atoms with Crippen molar-refractivity contribution in [1.29, 1.82) is 5.26 Å². The average Bonchev–Trinajstić information content (AvgIpc) is 2.96. The lowest BCUT2D eigenvalue weighted by Gasteiger charge is -2.53. The molecule has 1 amide bonds. The topological polar surface area (TPSA) is 65.4 Å². The summed E-state index contributed by atoms with van der Waals surface area (Å²) >= 11 is 0. The highest BCUT2D eigenvalue weighted by atomic mass is 16.5. The molecule has 1 saturated carbocycles. The first-order valence-corrected chi connectivity index (χ1v) is 8.37. The maximum absolute atomic E-state index is 12.5. The predicted octanol–water partition coefficient (Wildman–Crippen LogP) is 1.69. The summed E-state index contributed by atoms with van der Waals surface area (Å²) < 4.78 is 5.86. The van der Waals surface area contributed by atoms with Crippen molar-refractivity contribution in [2.75, 3.05) is 26.3 Å². The van der Waals surface area contributed by atoms with Gasteiger partial charge in [-0.05, 0) is 36.5 Å².